The summed E-state index contributed by atoms with van der Waals surface area (Å²) >= 11 is 2.43. The molecule has 2 heteroatoms. The van der Waals surface area contributed by atoms with Gasteiger partial charge >= 0.3 is 0 Å². The Morgan fingerprint density at radius 2 is 2.00 bits per heavy atom. The number of hydrogen-bond acceptors (Lipinski definition) is 1. The van der Waals surface area contributed by atoms with E-state index in [0.717, 1.165) is 17.0 Å². The van der Waals surface area contributed by atoms with E-state index in [-0.39, 0.29) is 6.10 Å². The third-order valence-corrected chi connectivity index (χ3v) is 4.48. The van der Waals surface area contributed by atoms with Gasteiger partial charge in [-0.3, -0.25) is 0 Å². The van der Waals surface area contributed by atoms with E-state index in [1.165, 1.54) is 36.8 Å². The normalized spacial score (nSPS) is 18.5. The maximum atomic E-state index is 6.13. The number of hydrogen-bond donors (Lipinski definition) is 0. The highest BCUT2D eigenvalue weighted by atomic mass is 127. The molecule has 1 aromatic carbocycles. The molecule has 0 N–H and O–H groups in total. The number of ether oxygens (including phenoxy) is 1. The van der Waals surface area contributed by atoms with Crippen molar-refractivity contribution >= 4 is 22.6 Å². The smallest absolute Gasteiger partial charge is 0.0916 e. The first-order chi connectivity index (χ1) is 8.31. The quantitative estimate of drug-likeness (QED) is 0.557. The van der Waals surface area contributed by atoms with Gasteiger partial charge in [0, 0.05) is 4.43 Å². The largest absolute Gasteiger partial charge is 0.372 e. The fraction of sp³-hybridized carbons (Fsp3) is 0.600. The molecule has 1 aromatic rings. The molecule has 0 aliphatic heterocycles. The Morgan fingerprint density at radius 1 is 1.29 bits per heavy atom. The summed E-state index contributed by atoms with van der Waals surface area (Å²) in [4.78, 5) is 0. The predicted molar refractivity (Wildman–Crippen MR) is 80.7 cm³/mol. The van der Waals surface area contributed by atoms with Crippen molar-refractivity contribution in [3.05, 3.63) is 35.4 Å². The third-order valence-electron chi connectivity index (χ3n) is 3.68. The van der Waals surface area contributed by atoms with Gasteiger partial charge in [0.2, 0.25) is 0 Å². The minimum Gasteiger partial charge on any atom is -0.372 e. The maximum absolute atomic E-state index is 6.13. The highest BCUT2D eigenvalue weighted by molar-refractivity contribution is 14.1. The van der Waals surface area contributed by atoms with Crippen molar-refractivity contribution < 1.29 is 4.74 Å². The van der Waals surface area contributed by atoms with Gasteiger partial charge in [-0.1, -0.05) is 59.7 Å². The molecule has 0 saturated heterocycles. The fourth-order valence-electron chi connectivity index (χ4n) is 2.59. The molecule has 1 fully saturated rings. The summed E-state index contributed by atoms with van der Waals surface area (Å²) in [5, 5.41) is 0. The predicted octanol–water partition coefficient (Wildman–Crippen LogP) is 4.68. The molecule has 1 atom stereocenters. The Hall–Kier alpha value is -0.0900. The monoisotopic (exact) mass is 344 g/mol. The van der Waals surface area contributed by atoms with Crippen LogP contribution in [0.3, 0.4) is 0 Å². The molecular weight excluding hydrogens is 323 g/mol. The summed E-state index contributed by atoms with van der Waals surface area (Å²) in [7, 11) is 0. The van der Waals surface area contributed by atoms with E-state index in [1.807, 2.05) is 0 Å². The van der Waals surface area contributed by atoms with Gasteiger partial charge in [0.05, 0.1) is 12.7 Å². The minimum atomic E-state index is 0.275. The van der Waals surface area contributed by atoms with Gasteiger partial charge in [0.1, 0.15) is 0 Å². The summed E-state index contributed by atoms with van der Waals surface area (Å²) in [6.45, 7) is 3.12. The van der Waals surface area contributed by atoms with Crippen LogP contribution in [-0.2, 0) is 4.74 Å². The summed E-state index contributed by atoms with van der Waals surface area (Å²) < 4.78 is 7.17. The SMILES string of the molecule is Cc1ccccc1C(CI)OCC1CCCC1. The molecule has 0 heterocycles. The molecule has 1 aliphatic rings. The van der Waals surface area contributed by atoms with Crippen molar-refractivity contribution in [1.82, 2.24) is 0 Å². The van der Waals surface area contributed by atoms with E-state index in [1.54, 1.807) is 0 Å². The number of alkyl halides is 1. The second-order valence-corrected chi connectivity index (χ2v) is 5.86. The van der Waals surface area contributed by atoms with Crippen molar-refractivity contribution in [2.24, 2.45) is 5.92 Å². The Balaban J connectivity index is 1.94. The van der Waals surface area contributed by atoms with Crippen molar-refractivity contribution in [2.75, 3.05) is 11.0 Å². The number of benzene rings is 1. The van der Waals surface area contributed by atoms with Crippen LogP contribution in [0.4, 0.5) is 0 Å². The zero-order valence-corrected chi connectivity index (χ0v) is 12.7. The van der Waals surface area contributed by atoms with Crippen LogP contribution in [0.5, 0.6) is 0 Å². The Morgan fingerprint density at radius 3 is 2.65 bits per heavy atom. The van der Waals surface area contributed by atoms with Crippen molar-refractivity contribution in [1.29, 1.82) is 0 Å². The Labute approximate surface area is 118 Å². The lowest BCUT2D eigenvalue weighted by atomic mass is 10.0. The zero-order valence-electron chi connectivity index (χ0n) is 10.5. The minimum absolute atomic E-state index is 0.275. The standard InChI is InChI=1S/C15H21IO/c1-12-6-2-5-9-14(12)15(10-16)17-11-13-7-3-4-8-13/h2,5-6,9,13,15H,3-4,7-8,10-11H2,1H3. The van der Waals surface area contributed by atoms with E-state index < -0.39 is 0 Å². The molecule has 2 rings (SSSR count). The molecule has 1 aliphatic carbocycles. The van der Waals surface area contributed by atoms with E-state index in [2.05, 4.69) is 53.8 Å². The second-order valence-electron chi connectivity index (χ2n) is 4.98. The lowest BCUT2D eigenvalue weighted by Gasteiger charge is -2.20. The highest BCUT2D eigenvalue weighted by Crippen LogP contribution is 2.29. The zero-order chi connectivity index (χ0) is 12.1. The summed E-state index contributed by atoms with van der Waals surface area (Å²) in [6.07, 6.45) is 5.79. The molecule has 0 radical (unpaired) electrons. The van der Waals surface area contributed by atoms with Crippen molar-refractivity contribution in [2.45, 2.75) is 38.7 Å². The molecule has 94 valence electrons. The fourth-order valence-corrected chi connectivity index (χ4v) is 3.32. The van der Waals surface area contributed by atoms with Crippen LogP contribution in [0.2, 0.25) is 0 Å². The average Bonchev–Trinajstić information content (AvgIpc) is 2.85. The van der Waals surface area contributed by atoms with Crippen LogP contribution in [-0.4, -0.2) is 11.0 Å². The molecule has 0 amide bonds. The summed E-state index contributed by atoms with van der Waals surface area (Å²) in [5.41, 5.74) is 2.71. The van der Waals surface area contributed by atoms with Gasteiger partial charge in [-0.25, -0.2) is 0 Å². The molecule has 17 heavy (non-hydrogen) atoms. The second kappa shape index (κ2) is 6.74. The highest BCUT2D eigenvalue weighted by Gasteiger charge is 2.18. The average molecular weight is 344 g/mol. The van der Waals surface area contributed by atoms with Crippen LogP contribution < -0.4 is 0 Å². The third kappa shape index (κ3) is 3.68. The summed E-state index contributed by atoms with van der Waals surface area (Å²) in [6, 6.07) is 8.58. The van der Waals surface area contributed by atoms with Crippen LogP contribution >= 0.6 is 22.6 Å². The van der Waals surface area contributed by atoms with Gasteiger partial charge in [-0.05, 0) is 36.8 Å². The molecule has 1 unspecified atom stereocenters. The number of halogens is 1. The molecule has 1 nitrogen and oxygen atoms in total. The van der Waals surface area contributed by atoms with E-state index in [4.69, 9.17) is 4.74 Å². The van der Waals surface area contributed by atoms with Gasteiger partial charge in [0.25, 0.3) is 0 Å². The van der Waals surface area contributed by atoms with Gasteiger partial charge in [0.15, 0.2) is 0 Å². The molecule has 0 aromatic heterocycles. The first-order valence-electron chi connectivity index (χ1n) is 6.54. The van der Waals surface area contributed by atoms with E-state index in [0.29, 0.717) is 0 Å². The topological polar surface area (TPSA) is 9.23 Å². The Bertz CT molecular complexity index is 345. The van der Waals surface area contributed by atoms with Gasteiger partial charge < -0.3 is 4.74 Å². The Kier molecular flexibility index (Phi) is 5.29. The van der Waals surface area contributed by atoms with Crippen LogP contribution in [0.1, 0.15) is 42.9 Å². The number of rotatable bonds is 5. The molecule has 0 spiro atoms. The first kappa shape index (κ1) is 13.3. The van der Waals surface area contributed by atoms with E-state index >= 15 is 0 Å². The summed E-state index contributed by atoms with van der Waals surface area (Å²) in [5.74, 6) is 0.810. The van der Waals surface area contributed by atoms with E-state index in [9.17, 15) is 0 Å². The van der Waals surface area contributed by atoms with Crippen LogP contribution in [0.15, 0.2) is 24.3 Å². The van der Waals surface area contributed by atoms with Gasteiger partial charge in [-0.15, -0.1) is 0 Å². The maximum Gasteiger partial charge on any atom is 0.0916 e. The first-order valence-corrected chi connectivity index (χ1v) is 8.07. The lowest BCUT2D eigenvalue weighted by Crippen LogP contribution is -2.13. The number of aryl methyl sites for hydroxylation is 1. The van der Waals surface area contributed by atoms with Crippen molar-refractivity contribution in [3.8, 4) is 0 Å². The van der Waals surface area contributed by atoms with Crippen LogP contribution in [0, 0.1) is 12.8 Å². The molecular formula is C15H21IO. The van der Waals surface area contributed by atoms with Gasteiger partial charge in [-0.2, -0.15) is 0 Å². The van der Waals surface area contributed by atoms with Crippen LogP contribution in [0.25, 0.3) is 0 Å². The molecule has 1 saturated carbocycles. The lowest BCUT2D eigenvalue weighted by molar-refractivity contribution is 0.0450. The molecule has 0 bridgehead atoms. The van der Waals surface area contributed by atoms with Crippen molar-refractivity contribution in [3.63, 3.8) is 0 Å².